The number of imidazole rings is 1. The number of rotatable bonds is 1. The Bertz CT molecular complexity index is 686. The predicted octanol–water partition coefficient (Wildman–Crippen LogP) is 3.45. The highest BCUT2D eigenvalue weighted by atomic mass is 19.1. The van der Waals surface area contributed by atoms with E-state index in [0.717, 1.165) is 16.9 Å². The van der Waals surface area contributed by atoms with Crippen molar-refractivity contribution >= 4 is 5.52 Å². The molecule has 2 nitrogen and oxygen atoms in total. The summed E-state index contributed by atoms with van der Waals surface area (Å²) in [5.41, 5.74) is 2.59. The van der Waals surface area contributed by atoms with E-state index in [9.17, 15) is 4.39 Å². The molecule has 3 rings (SSSR count). The van der Waals surface area contributed by atoms with E-state index in [-0.39, 0.29) is 5.82 Å². The van der Waals surface area contributed by atoms with Gasteiger partial charge < -0.3 is 0 Å². The largest absolute Gasteiger partial charge is 0.300 e. The lowest BCUT2D eigenvalue weighted by molar-refractivity contribution is 0.618. The lowest BCUT2D eigenvalue weighted by Crippen LogP contribution is -1.90. The third kappa shape index (κ3) is 1.60. The second-order valence-electron chi connectivity index (χ2n) is 4.04. The minimum absolute atomic E-state index is 0.186. The number of nitrogens with zero attached hydrogens (tertiary/aromatic N) is 2. The standard InChI is InChI=1S/C14H11FN2/c1-10-8-11(5-6-13(10)15)14-16-9-12-4-2-3-7-17(12)14/h2-9H,1H3. The molecule has 1 aromatic carbocycles. The van der Waals surface area contributed by atoms with Crippen LogP contribution in [-0.4, -0.2) is 9.38 Å². The SMILES string of the molecule is Cc1cc(-c2ncc3ccccn23)ccc1F. The van der Waals surface area contributed by atoms with E-state index in [1.54, 1.807) is 13.0 Å². The number of aryl methyl sites for hydroxylation is 1. The van der Waals surface area contributed by atoms with Crippen molar-refractivity contribution in [3.8, 4) is 11.4 Å². The molecule has 0 radical (unpaired) electrons. The Hall–Kier alpha value is -2.16. The number of hydrogen-bond donors (Lipinski definition) is 0. The van der Waals surface area contributed by atoms with Gasteiger partial charge in [-0.3, -0.25) is 4.40 Å². The van der Waals surface area contributed by atoms with E-state index < -0.39 is 0 Å². The van der Waals surface area contributed by atoms with E-state index in [1.165, 1.54) is 6.07 Å². The number of pyridine rings is 1. The molecule has 0 unspecified atom stereocenters. The molecule has 0 fully saturated rings. The van der Waals surface area contributed by atoms with Crippen LogP contribution in [0.2, 0.25) is 0 Å². The Morgan fingerprint density at radius 1 is 1.18 bits per heavy atom. The summed E-state index contributed by atoms with van der Waals surface area (Å²) < 4.78 is 15.2. The third-order valence-corrected chi connectivity index (χ3v) is 2.85. The van der Waals surface area contributed by atoms with Crippen LogP contribution in [0.5, 0.6) is 0 Å². The van der Waals surface area contributed by atoms with Crippen LogP contribution in [0.3, 0.4) is 0 Å². The minimum atomic E-state index is -0.186. The first-order chi connectivity index (χ1) is 8.25. The Morgan fingerprint density at radius 3 is 2.88 bits per heavy atom. The van der Waals surface area contributed by atoms with E-state index in [0.29, 0.717) is 5.56 Å². The zero-order chi connectivity index (χ0) is 11.8. The monoisotopic (exact) mass is 226 g/mol. The predicted molar refractivity (Wildman–Crippen MR) is 65.3 cm³/mol. The first kappa shape index (κ1) is 10.0. The second kappa shape index (κ2) is 3.70. The van der Waals surface area contributed by atoms with Crippen molar-refractivity contribution in [1.82, 2.24) is 9.38 Å². The molecule has 0 bridgehead atoms. The van der Waals surface area contributed by atoms with Gasteiger partial charge in [-0.25, -0.2) is 9.37 Å². The molecule has 0 amide bonds. The number of aromatic nitrogens is 2. The van der Waals surface area contributed by atoms with Gasteiger partial charge in [-0.2, -0.15) is 0 Å². The van der Waals surface area contributed by atoms with Crippen LogP contribution < -0.4 is 0 Å². The van der Waals surface area contributed by atoms with Crippen molar-refractivity contribution in [2.45, 2.75) is 6.92 Å². The number of halogens is 1. The van der Waals surface area contributed by atoms with Gasteiger partial charge in [0, 0.05) is 11.8 Å². The molecule has 0 spiro atoms. The molecule has 0 saturated heterocycles. The van der Waals surface area contributed by atoms with Gasteiger partial charge in [0.15, 0.2) is 0 Å². The normalized spacial score (nSPS) is 10.9. The Kier molecular flexibility index (Phi) is 2.18. The molecule has 0 atom stereocenters. The molecule has 2 aromatic heterocycles. The highest BCUT2D eigenvalue weighted by Gasteiger charge is 2.07. The van der Waals surface area contributed by atoms with Gasteiger partial charge in [0.25, 0.3) is 0 Å². The Labute approximate surface area is 98.4 Å². The van der Waals surface area contributed by atoms with Crippen LogP contribution in [0.4, 0.5) is 4.39 Å². The zero-order valence-electron chi connectivity index (χ0n) is 9.39. The van der Waals surface area contributed by atoms with Crippen molar-refractivity contribution in [1.29, 1.82) is 0 Å². The summed E-state index contributed by atoms with van der Waals surface area (Å²) in [6, 6.07) is 11.0. The van der Waals surface area contributed by atoms with Crippen LogP contribution in [0.1, 0.15) is 5.56 Å². The molecule has 0 N–H and O–H groups in total. The Morgan fingerprint density at radius 2 is 2.06 bits per heavy atom. The van der Waals surface area contributed by atoms with Gasteiger partial charge in [0.2, 0.25) is 0 Å². The average molecular weight is 226 g/mol. The Balaban J connectivity index is 2.24. The number of benzene rings is 1. The van der Waals surface area contributed by atoms with E-state index >= 15 is 0 Å². The topological polar surface area (TPSA) is 17.3 Å². The van der Waals surface area contributed by atoms with E-state index in [1.807, 2.05) is 41.1 Å². The molecule has 84 valence electrons. The highest BCUT2D eigenvalue weighted by molar-refractivity contribution is 5.62. The number of fused-ring (bicyclic) bond motifs is 1. The average Bonchev–Trinajstić information content (AvgIpc) is 2.76. The first-order valence-electron chi connectivity index (χ1n) is 5.44. The summed E-state index contributed by atoms with van der Waals surface area (Å²) in [7, 11) is 0. The van der Waals surface area contributed by atoms with Crippen LogP contribution in [0.15, 0.2) is 48.8 Å². The molecule has 3 heteroatoms. The summed E-state index contributed by atoms with van der Waals surface area (Å²) in [5.74, 6) is 0.651. The highest BCUT2D eigenvalue weighted by Crippen LogP contribution is 2.21. The number of hydrogen-bond acceptors (Lipinski definition) is 1. The van der Waals surface area contributed by atoms with Gasteiger partial charge in [0.05, 0.1) is 11.7 Å². The van der Waals surface area contributed by atoms with Crippen LogP contribution in [0, 0.1) is 12.7 Å². The summed E-state index contributed by atoms with van der Waals surface area (Å²) in [4.78, 5) is 4.38. The molecule has 0 saturated carbocycles. The van der Waals surface area contributed by atoms with Crippen molar-refractivity contribution in [3.05, 3.63) is 60.2 Å². The van der Waals surface area contributed by atoms with Crippen LogP contribution >= 0.6 is 0 Å². The molecule has 0 aliphatic rings. The summed E-state index contributed by atoms with van der Waals surface area (Å²) in [6.07, 6.45) is 3.77. The molecular weight excluding hydrogens is 215 g/mol. The zero-order valence-corrected chi connectivity index (χ0v) is 9.39. The van der Waals surface area contributed by atoms with E-state index in [4.69, 9.17) is 0 Å². The maximum atomic E-state index is 13.2. The molecule has 3 aromatic rings. The summed E-state index contributed by atoms with van der Waals surface area (Å²) in [6.45, 7) is 1.76. The van der Waals surface area contributed by atoms with Gasteiger partial charge in [-0.1, -0.05) is 6.07 Å². The fourth-order valence-electron chi connectivity index (χ4n) is 1.94. The van der Waals surface area contributed by atoms with Crippen molar-refractivity contribution < 1.29 is 4.39 Å². The second-order valence-corrected chi connectivity index (χ2v) is 4.04. The minimum Gasteiger partial charge on any atom is -0.300 e. The van der Waals surface area contributed by atoms with Crippen LogP contribution in [-0.2, 0) is 0 Å². The van der Waals surface area contributed by atoms with Gasteiger partial charge in [-0.05, 0) is 42.8 Å². The maximum Gasteiger partial charge on any atom is 0.144 e. The third-order valence-electron chi connectivity index (χ3n) is 2.85. The molecule has 2 heterocycles. The molecule has 0 aliphatic heterocycles. The van der Waals surface area contributed by atoms with Crippen molar-refractivity contribution in [2.24, 2.45) is 0 Å². The maximum absolute atomic E-state index is 13.2. The van der Waals surface area contributed by atoms with Gasteiger partial charge >= 0.3 is 0 Å². The summed E-state index contributed by atoms with van der Waals surface area (Å²) in [5, 5.41) is 0. The van der Waals surface area contributed by atoms with Gasteiger partial charge in [0.1, 0.15) is 11.6 Å². The quantitative estimate of drug-likeness (QED) is 0.621. The van der Waals surface area contributed by atoms with Crippen molar-refractivity contribution in [3.63, 3.8) is 0 Å². The fourth-order valence-corrected chi connectivity index (χ4v) is 1.94. The molecule has 17 heavy (non-hydrogen) atoms. The summed E-state index contributed by atoms with van der Waals surface area (Å²) >= 11 is 0. The first-order valence-corrected chi connectivity index (χ1v) is 5.44. The van der Waals surface area contributed by atoms with E-state index in [2.05, 4.69) is 4.98 Å². The lowest BCUT2D eigenvalue weighted by atomic mass is 10.1. The fraction of sp³-hybridized carbons (Fsp3) is 0.0714. The molecular formula is C14H11FN2. The molecule has 0 aliphatic carbocycles. The van der Waals surface area contributed by atoms with Crippen LogP contribution in [0.25, 0.3) is 16.9 Å². The van der Waals surface area contributed by atoms with Crippen molar-refractivity contribution in [2.75, 3.05) is 0 Å². The van der Waals surface area contributed by atoms with Gasteiger partial charge in [-0.15, -0.1) is 0 Å². The lowest BCUT2D eigenvalue weighted by Gasteiger charge is -2.03. The smallest absolute Gasteiger partial charge is 0.144 e.